The molecular weight excluding hydrogens is 351 g/mol. The van der Waals surface area contributed by atoms with Crippen LogP contribution in [0.2, 0.25) is 0 Å². The number of carbonyl (C=O) groups excluding carboxylic acids is 1. The fourth-order valence-electron chi connectivity index (χ4n) is 2.74. The van der Waals surface area contributed by atoms with E-state index in [1.54, 1.807) is 35.5 Å². The lowest BCUT2D eigenvalue weighted by atomic mass is 10.1. The van der Waals surface area contributed by atoms with Crippen LogP contribution < -0.4 is 0 Å². The van der Waals surface area contributed by atoms with Gasteiger partial charge in [0.1, 0.15) is 5.82 Å². The standard InChI is InChI=1S/C19H19FN4OS/c1-3-24(13(2)14-5-7-15(20)8-6-14)17(25)11-16-12-26-19(23-16)18-21-9-4-10-22-18/h4-10,12-13H,3,11H2,1-2H3/t13-/m1/s1. The molecule has 0 aliphatic carbocycles. The molecule has 0 aliphatic rings. The Morgan fingerprint density at radius 2 is 1.92 bits per heavy atom. The van der Waals surface area contributed by atoms with Crippen LogP contribution in [-0.2, 0) is 11.2 Å². The molecule has 134 valence electrons. The Morgan fingerprint density at radius 3 is 2.58 bits per heavy atom. The topological polar surface area (TPSA) is 59.0 Å². The summed E-state index contributed by atoms with van der Waals surface area (Å²) in [6.07, 6.45) is 3.54. The number of nitrogens with zero attached hydrogens (tertiary/aromatic N) is 4. The summed E-state index contributed by atoms with van der Waals surface area (Å²) in [5, 5.41) is 2.56. The highest BCUT2D eigenvalue weighted by molar-refractivity contribution is 7.13. The van der Waals surface area contributed by atoms with Crippen molar-refractivity contribution in [2.45, 2.75) is 26.3 Å². The molecule has 2 heterocycles. The van der Waals surface area contributed by atoms with Crippen LogP contribution in [0.4, 0.5) is 4.39 Å². The van der Waals surface area contributed by atoms with Gasteiger partial charge in [0, 0.05) is 24.3 Å². The smallest absolute Gasteiger partial charge is 0.229 e. The molecule has 0 saturated carbocycles. The summed E-state index contributed by atoms with van der Waals surface area (Å²) < 4.78 is 13.1. The van der Waals surface area contributed by atoms with Gasteiger partial charge in [0.15, 0.2) is 10.8 Å². The third kappa shape index (κ3) is 4.11. The summed E-state index contributed by atoms with van der Waals surface area (Å²) in [6.45, 7) is 4.44. The highest BCUT2D eigenvalue weighted by Crippen LogP contribution is 2.23. The third-order valence-corrected chi connectivity index (χ3v) is 5.01. The molecule has 0 unspecified atom stereocenters. The van der Waals surface area contributed by atoms with Crippen molar-refractivity contribution in [1.29, 1.82) is 0 Å². The van der Waals surface area contributed by atoms with Crippen LogP contribution in [0, 0.1) is 5.82 Å². The highest BCUT2D eigenvalue weighted by Gasteiger charge is 2.21. The average Bonchev–Trinajstić information content (AvgIpc) is 3.12. The van der Waals surface area contributed by atoms with Gasteiger partial charge in [-0.1, -0.05) is 12.1 Å². The lowest BCUT2D eigenvalue weighted by Gasteiger charge is -2.28. The van der Waals surface area contributed by atoms with E-state index in [0.717, 1.165) is 5.56 Å². The normalized spacial score (nSPS) is 12.0. The SMILES string of the molecule is CCN(C(=O)Cc1csc(-c2ncccn2)n1)[C@H](C)c1ccc(F)cc1. The van der Waals surface area contributed by atoms with Gasteiger partial charge in [-0.15, -0.1) is 11.3 Å². The van der Waals surface area contributed by atoms with Crippen molar-refractivity contribution in [2.24, 2.45) is 0 Å². The Balaban J connectivity index is 1.71. The Labute approximate surface area is 155 Å². The van der Waals surface area contributed by atoms with Gasteiger partial charge >= 0.3 is 0 Å². The molecule has 1 aromatic carbocycles. The molecule has 2 aromatic heterocycles. The monoisotopic (exact) mass is 370 g/mol. The maximum atomic E-state index is 13.1. The number of likely N-dealkylation sites (N-methyl/N-ethyl adjacent to an activating group) is 1. The lowest BCUT2D eigenvalue weighted by Crippen LogP contribution is -2.34. The maximum absolute atomic E-state index is 13.1. The number of carbonyl (C=O) groups is 1. The van der Waals surface area contributed by atoms with Crippen LogP contribution in [-0.4, -0.2) is 32.3 Å². The number of hydrogen-bond acceptors (Lipinski definition) is 5. The zero-order valence-electron chi connectivity index (χ0n) is 14.6. The molecule has 1 atom stereocenters. The van der Waals surface area contributed by atoms with Gasteiger partial charge in [-0.05, 0) is 37.6 Å². The second kappa shape index (κ2) is 8.14. The van der Waals surface area contributed by atoms with Gasteiger partial charge < -0.3 is 4.90 Å². The zero-order chi connectivity index (χ0) is 18.5. The quantitative estimate of drug-likeness (QED) is 0.660. The van der Waals surface area contributed by atoms with E-state index < -0.39 is 0 Å². The molecule has 0 N–H and O–H groups in total. The van der Waals surface area contributed by atoms with E-state index in [4.69, 9.17) is 0 Å². The van der Waals surface area contributed by atoms with Crippen LogP contribution in [0.3, 0.4) is 0 Å². The Bertz CT molecular complexity index is 867. The van der Waals surface area contributed by atoms with Gasteiger partial charge in [-0.3, -0.25) is 4.79 Å². The van der Waals surface area contributed by atoms with Gasteiger partial charge in [0.25, 0.3) is 0 Å². The Morgan fingerprint density at radius 1 is 1.23 bits per heavy atom. The summed E-state index contributed by atoms with van der Waals surface area (Å²) in [5.74, 6) is 0.256. The molecule has 0 bridgehead atoms. The third-order valence-electron chi connectivity index (χ3n) is 4.12. The van der Waals surface area contributed by atoms with Crippen LogP contribution in [0.5, 0.6) is 0 Å². The molecule has 5 nitrogen and oxygen atoms in total. The average molecular weight is 370 g/mol. The Kier molecular flexibility index (Phi) is 5.68. The van der Waals surface area contributed by atoms with Gasteiger partial charge in [0.2, 0.25) is 5.91 Å². The van der Waals surface area contributed by atoms with Crippen LogP contribution in [0.15, 0.2) is 48.1 Å². The molecule has 7 heteroatoms. The predicted molar refractivity (Wildman–Crippen MR) is 99.0 cm³/mol. The van der Waals surface area contributed by atoms with E-state index in [2.05, 4.69) is 15.0 Å². The summed E-state index contributed by atoms with van der Waals surface area (Å²) in [6, 6.07) is 7.86. The molecule has 1 amide bonds. The predicted octanol–water partition coefficient (Wildman–Crippen LogP) is 3.89. The fraction of sp³-hybridized carbons (Fsp3) is 0.263. The molecular formula is C19H19FN4OS. The number of halogens is 1. The molecule has 0 spiro atoms. The van der Waals surface area contributed by atoms with Crippen molar-refractivity contribution in [3.05, 3.63) is 65.2 Å². The van der Waals surface area contributed by atoms with Crippen molar-refractivity contribution >= 4 is 17.2 Å². The summed E-state index contributed by atoms with van der Waals surface area (Å²) in [4.78, 5) is 27.4. The van der Waals surface area contributed by atoms with E-state index in [1.165, 1.54) is 23.5 Å². The highest BCUT2D eigenvalue weighted by atomic mass is 32.1. The number of hydrogen-bond donors (Lipinski definition) is 0. The van der Waals surface area contributed by atoms with E-state index in [0.29, 0.717) is 23.1 Å². The van der Waals surface area contributed by atoms with Crippen molar-refractivity contribution < 1.29 is 9.18 Å². The molecule has 0 radical (unpaired) electrons. The van der Waals surface area contributed by atoms with E-state index in [-0.39, 0.29) is 24.2 Å². The minimum Gasteiger partial charge on any atom is -0.336 e. The lowest BCUT2D eigenvalue weighted by molar-refractivity contribution is -0.132. The number of benzene rings is 1. The van der Waals surface area contributed by atoms with Crippen molar-refractivity contribution in [1.82, 2.24) is 19.9 Å². The van der Waals surface area contributed by atoms with E-state index in [9.17, 15) is 9.18 Å². The van der Waals surface area contributed by atoms with Crippen LogP contribution in [0.1, 0.15) is 31.1 Å². The molecule has 3 aromatic rings. The van der Waals surface area contributed by atoms with Crippen molar-refractivity contribution in [3.8, 4) is 10.8 Å². The van der Waals surface area contributed by atoms with Gasteiger partial charge in [-0.25, -0.2) is 19.3 Å². The number of thiazole rings is 1. The van der Waals surface area contributed by atoms with Crippen molar-refractivity contribution in [3.63, 3.8) is 0 Å². The fourth-order valence-corrected chi connectivity index (χ4v) is 3.51. The molecule has 3 rings (SSSR count). The number of amides is 1. The van der Waals surface area contributed by atoms with Gasteiger partial charge in [-0.2, -0.15) is 0 Å². The first kappa shape index (κ1) is 18.1. The molecule has 0 aliphatic heterocycles. The molecule has 0 saturated heterocycles. The second-order valence-corrected chi connectivity index (χ2v) is 6.66. The first-order chi connectivity index (χ1) is 12.6. The minimum absolute atomic E-state index is 0.0184. The van der Waals surface area contributed by atoms with Crippen LogP contribution >= 0.6 is 11.3 Å². The van der Waals surface area contributed by atoms with Crippen LogP contribution in [0.25, 0.3) is 10.8 Å². The largest absolute Gasteiger partial charge is 0.336 e. The molecule has 0 fully saturated rings. The molecule has 26 heavy (non-hydrogen) atoms. The van der Waals surface area contributed by atoms with E-state index >= 15 is 0 Å². The summed E-state index contributed by atoms with van der Waals surface area (Å²) in [5.41, 5.74) is 1.60. The second-order valence-electron chi connectivity index (χ2n) is 5.80. The maximum Gasteiger partial charge on any atom is 0.229 e. The summed E-state index contributed by atoms with van der Waals surface area (Å²) >= 11 is 1.42. The van der Waals surface area contributed by atoms with Crippen molar-refractivity contribution in [2.75, 3.05) is 6.54 Å². The zero-order valence-corrected chi connectivity index (χ0v) is 15.4. The van der Waals surface area contributed by atoms with Gasteiger partial charge in [0.05, 0.1) is 18.2 Å². The number of aromatic nitrogens is 3. The minimum atomic E-state index is -0.284. The first-order valence-electron chi connectivity index (χ1n) is 8.35. The number of rotatable bonds is 6. The summed E-state index contributed by atoms with van der Waals surface area (Å²) in [7, 11) is 0. The first-order valence-corrected chi connectivity index (χ1v) is 9.23. The van der Waals surface area contributed by atoms with E-state index in [1.807, 2.05) is 19.2 Å². The Hall–Kier alpha value is -2.67.